The highest BCUT2D eigenvalue weighted by Gasteiger charge is 2.63. The molecular formula is C33H33F3N2O6. The maximum Gasteiger partial charge on any atom is 0.573 e. The second kappa shape index (κ2) is 13.7. The number of benzene rings is 3. The Hall–Kier alpha value is -4.80. The second-order valence-electron chi connectivity index (χ2n) is 10.2. The molecule has 3 amide bonds. The van der Waals surface area contributed by atoms with Crippen LogP contribution < -0.4 is 14.8 Å². The Morgan fingerprint density at radius 1 is 0.977 bits per heavy atom. The minimum absolute atomic E-state index is 0.125. The van der Waals surface area contributed by atoms with E-state index < -0.39 is 47.7 Å². The molecule has 3 aromatic rings. The maximum atomic E-state index is 13.4. The normalized spacial score (nSPS) is 16.3. The Bertz CT molecular complexity index is 1460. The van der Waals surface area contributed by atoms with Crippen LogP contribution in [0.1, 0.15) is 60.6 Å². The summed E-state index contributed by atoms with van der Waals surface area (Å²) >= 11 is 0. The number of alkyl halides is 3. The van der Waals surface area contributed by atoms with Crippen LogP contribution in [0.2, 0.25) is 0 Å². The largest absolute Gasteiger partial charge is 0.573 e. The van der Waals surface area contributed by atoms with E-state index in [9.17, 15) is 27.6 Å². The lowest BCUT2D eigenvalue weighted by Gasteiger charge is -2.53. The first kappa shape index (κ1) is 32.1. The number of likely N-dealkylation sites (tertiary alicyclic amines) is 1. The fourth-order valence-electron chi connectivity index (χ4n) is 5.07. The molecule has 1 N–H and O–H groups in total. The van der Waals surface area contributed by atoms with Gasteiger partial charge in [0.25, 0.3) is 0 Å². The number of carbonyl (C=O) groups is 3. The molecule has 0 spiro atoms. The second-order valence-corrected chi connectivity index (χ2v) is 10.2. The van der Waals surface area contributed by atoms with Crippen molar-refractivity contribution in [2.24, 2.45) is 5.41 Å². The summed E-state index contributed by atoms with van der Waals surface area (Å²) in [6.07, 6.45) is -3.15. The fourth-order valence-corrected chi connectivity index (χ4v) is 5.07. The molecule has 0 bridgehead atoms. The lowest BCUT2D eigenvalue weighted by Crippen LogP contribution is -2.73. The van der Waals surface area contributed by atoms with E-state index in [1.165, 1.54) is 12.1 Å². The first-order valence-electron chi connectivity index (χ1n) is 14.1. The number of amides is 3. The van der Waals surface area contributed by atoms with Crippen molar-refractivity contribution in [1.29, 1.82) is 0 Å². The summed E-state index contributed by atoms with van der Waals surface area (Å²) in [5.41, 5.74) is 0.704. The Morgan fingerprint density at radius 2 is 1.59 bits per heavy atom. The first-order valence-corrected chi connectivity index (χ1v) is 14.1. The van der Waals surface area contributed by atoms with Gasteiger partial charge >= 0.3 is 18.4 Å². The van der Waals surface area contributed by atoms with E-state index in [0.717, 1.165) is 22.6 Å². The summed E-state index contributed by atoms with van der Waals surface area (Å²) in [6, 6.07) is 19.2. The van der Waals surface area contributed by atoms with Crippen molar-refractivity contribution in [2.75, 3.05) is 0 Å². The van der Waals surface area contributed by atoms with Crippen LogP contribution in [-0.4, -0.2) is 35.4 Å². The van der Waals surface area contributed by atoms with Gasteiger partial charge in [0, 0.05) is 0 Å². The van der Waals surface area contributed by atoms with Gasteiger partial charge in [0.1, 0.15) is 23.5 Å². The molecule has 44 heavy (non-hydrogen) atoms. The Kier molecular flexibility index (Phi) is 9.97. The molecule has 0 aliphatic carbocycles. The van der Waals surface area contributed by atoms with Gasteiger partial charge in [-0.05, 0) is 66.8 Å². The van der Waals surface area contributed by atoms with Crippen LogP contribution in [-0.2, 0) is 16.1 Å². The number of hydrogen-bond acceptors (Lipinski definition) is 6. The number of esters is 1. The minimum atomic E-state index is -4.83. The average Bonchev–Trinajstić information content (AvgIpc) is 3.00. The first-order chi connectivity index (χ1) is 21.0. The van der Waals surface area contributed by atoms with Gasteiger partial charge in [-0.2, -0.15) is 0 Å². The van der Waals surface area contributed by atoms with Crippen LogP contribution in [0.5, 0.6) is 11.5 Å². The van der Waals surface area contributed by atoms with E-state index in [-0.39, 0.29) is 13.0 Å². The zero-order valence-electron chi connectivity index (χ0n) is 24.3. The molecule has 1 fully saturated rings. The molecular weight excluding hydrogens is 577 g/mol. The molecule has 11 heteroatoms. The molecule has 4 rings (SSSR count). The van der Waals surface area contributed by atoms with E-state index in [1.807, 2.05) is 44.2 Å². The number of imide groups is 1. The van der Waals surface area contributed by atoms with Gasteiger partial charge in [0.15, 0.2) is 6.23 Å². The molecule has 1 aliphatic rings. The van der Waals surface area contributed by atoms with Gasteiger partial charge in [-0.15, -0.1) is 19.8 Å². The van der Waals surface area contributed by atoms with Crippen LogP contribution >= 0.6 is 0 Å². The maximum absolute atomic E-state index is 13.4. The molecule has 1 heterocycles. The van der Waals surface area contributed by atoms with Gasteiger partial charge in [-0.3, -0.25) is 4.79 Å². The highest BCUT2D eigenvalue weighted by molar-refractivity contribution is 6.03. The average molecular weight is 611 g/mol. The topological polar surface area (TPSA) is 94.2 Å². The molecule has 0 radical (unpaired) electrons. The molecule has 3 aromatic carbocycles. The smallest absolute Gasteiger partial charge is 0.469 e. The molecule has 8 nitrogen and oxygen atoms in total. The highest BCUT2D eigenvalue weighted by Crippen LogP contribution is 2.46. The Balaban J connectivity index is 1.46. The monoisotopic (exact) mass is 610 g/mol. The Morgan fingerprint density at radius 3 is 2.16 bits per heavy atom. The third-order valence-electron chi connectivity index (χ3n) is 7.60. The molecule has 1 saturated heterocycles. The minimum Gasteiger partial charge on any atom is -0.469 e. The zero-order valence-corrected chi connectivity index (χ0v) is 24.3. The number of carbonyl (C=O) groups excluding carboxylic acids is 3. The van der Waals surface area contributed by atoms with Crippen LogP contribution in [0, 0.1) is 5.41 Å². The quantitative estimate of drug-likeness (QED) is 0.131. The number of nitrogens with zero attached hydrogens (tertiary/aromatic N) is 1. The number of hydrogen-bond donors (Lipinski definition) is 1. The number of ether oxygens (including phenoxy) is 3. The predicted octanol–water partition coefficient (Wildman–Crippen LogP) is 7.32. The van der Waals surface area contributed by atoms with Crippen LogP contribution in [0.3, 0.4) is 0 Å². The van der Waals surface area contributed by atoms with Gasteiger partial charge in [-0.1, -0.05) is 62.4 Å². The van der Waals surface area contributed by atoms with Gasteiger partial charge in [0.2, 0.25) is 5.91 Å². The SMILES string of the molecule is C=CCC(NC(=O)N1C(=O)C(CC)(CC)C1Oc1ccc(C(=O)OCc2ccccc2)cc1)c1ccc(OC(F)(F)F)cc1. The van der Waals surface area contributed by atoms with E-state index in [1.54, 1.807) is 30.3 Å². The van der Waals surface area contributed by atoms with Gasteiger partial charge in [-0.25, -0.2) is 14.5 Å². The molecule has 0 saturated carbocycles. The number of halogens is 3. The summed E-state index contributed by atoms with van der Waals surface area (Å²) in [7, 11) is 0. The van der Waals surface area contributed by atoms with E-state index >= 15 is 0 Å². The third-order valence-corrected chi connectivity index (χ3v) is 7.60. The van der Waals surface area contributed by atoms with Crippen molar-refractivity contribution in [3.8, 4) is 11.5 Å². The predicted molar refractivity (Wildman–Crippen MR) is 155 cm³/mol. The van der Waals surface area contributed by atoms with Gasteiger partial charge in [0.05, 0.1) is 11.6 Å². The number of nitrogens with one attached hydrogen (secondary N) is 1. The number of β-lactam (4-membered cyclic amide) rings is 1. The van der Waals surface area contributed by atoms with Gasteiger partial charge < -0.3 is 19.5 Å². The van der Waals surface area contributed by atoms with Crippen molar-refractivity contribution in [3.63, 3.8) is 0 Å². The summed E-state index contributed by atoms with van der Waals surface area (Å²) in [5.74, 6) is -0.975. The van der Waals surface area contributed by atoms with E-state index in [0.29, 0.717) is 29.7 Å². The summed E-state index contributed by atoms with van der Waals surface area (Å²) in [6.45, 7) is 7.50. The standard InChI is InChI=1S/C33H33F3N2O6/c1-4-10-27(23-13-19-26(20-14-23)44-33(34,35)36)37-31(41)38-29(40)32(5-2,6-3)30(38)43-25-17-15-24(16-18-25)28(39)42-21-22-11-8-7-9-12-22/h4,7-9,11-20,27,30H,1,5-6,10,21H2,2-3H3,(H,37,41). The number of urea groups is 1. The van der Waals surface area contributed by atoms with Crippen LogP contribution in [0.25, 0.3) is 0 Å². The Labute approximate surface area is 253 Å². The van der Waals surface area contributed by atoms with Crippen LogP contribution in [0.4, 0.5) is 18.0 Å². The summed E-state index contributed by atoms with van der Waals surface area (Å²) in [4.78, 5) is 40.3. The van der Waals surface area contributed by atoms with Crippen LogP contribution in [0.15, 0.2) is 91.5 Å². The lowest BCUT2D eigenvalue weighted by molar-refractivity contribution is -0.274. The van der Waals surface area contributed by atoms with E-state index in [2.05, 4.69) is 16.6 Å². The highest BCUT2D eigenvalue weighted by atomic mass is 19.4. The molecule has 232 valence electrons. The van der Waals surface area contributed by atoms with Crippen molar-refractivity contribution >= 4 is 17.9 Å². The van der Waals surface area contributed by atoms with Crippen molar-refractivity contribution < 1.29 is 41.8 Å². The molecule has 1 aliphatic heterocycles. The fraction of sp³-hybridized carbons (Fsp3) is 0.303. The zero-order chi connectivity index (χ0) is 31.9. The third kappa shape index (κ3) is 7.21. The van der Waals surface area contributed by atoms with Crippen molar-refractivity contribution in [1.82, 2.24) is 10.2 Å². The molecule has 2 unspecified atom stereocenters. The lowest BCUT2D eigenvalue weighted by atomic mass is 9.72. The summed E-state index contributed by atoms with van der Waals surface area (Å²) < 4.78 is 53.1. The number of rotatable bonds is 12. The molecule has 2 atom stereocenters. The molecule has 0 aromatic heterocycles. The van der Waals surface area contributed by atoms with E-state index in [4.69, 9.17) is 9.47 Å². The summed E-state index contributed by atoms with van der Waals surface area (Å²) in [5, 5.41) is 2.78. The van der Waals surface area contributed by atoms with Crippen molar-refractivity contribution in [3.05, 3.63) is 108 Å². The van der Waals surface area contributed by atoms with Crippen molar-refractivity contribution in [2.45, 2.75) is 58.3 Å².